The van der Waals surface area contributed by atoms with Gasteiger partial charge in [-0.25, -0.2) is 0 Å². The SMILES string of the molecule is CCCCCCC/C=C\C/C=C\CCCCCCCCCCCCCCOCC(COC1OC(COC2OC(CO)C(O)C(O)C2O)C(O)C(O)C1O)OC(=O)CCCCCCCCCCCCCC. The quantitative estimate of drug-likeness (QED) is 0.0172. The normalized spacial score (nSPS) is 25.6. The van der Waals surface area contributed by atoms with E-state index in [1.165, 1.54) is 154 Å². The van der Waals surface area contributed by atoms with E-state index in [1.807, 2.05) is 0 Å². The molecule has 0 aromatic heterocycles. The van der Waals surface area contributed by atoms with Crippen LogP contribution in [-0.4, -0.2) is 142 Å². The second kappa shape index (κ2) is 43.8. The van der Waals surface area contributed by atoms with Crippen molar-refractivity contribution < 1.29 is 69.0 Å². The molecule has 14 nitrogen and oxygen atoms in total. The lowest BCUT2D eigenvalue weighted by atomic mass is 9.98. The van der Waals surface area contributed by atoms with Crippen LogP contribution in [0.15, 0.2) is 24.3 Å². The second-order valence-corrected chi connectivity index (χ2v) is 20.1. The smallest absolute Gasteiger partial charge is 0.306 e. The number of allylic oxidation sites excluding steroid dienone is 4. The topological polar surface area (TPSA) is 214 Å². The zero-order valence-electron chi connectivity index (χ0n) is 44.0. The summed E-state index contributed by atoms with van der Waals surface area (Å²) < 4.78 is 34.3. The molecule has 7 N–H and O–H groups in total. The average Bonchev–Trinajstić information content (AvgIpc) is 3.36. The van der Waals surface area contributed by atoms with Crippen molar-refractivity contribution in [1.82, 2.24) is 0 Å². The van der Waals surface area contributed by atoms with Gasteiger partial charge in [-0.1, -0.05) is 199 Å². The molecule has 2 saturated heterocycles. The molecule has 0 radical (unpaired) electrons. The van der Waals surface area contributed by atoms with Crippen LogP contribution in [0.4, 0.5) is 0 Å². The minimum atomic E-state index is -1.70. The fraction of sp³-hybridized carbons (Fsp3) is 0.911. The van der Waals surface area contributed by atoms with E-state index in [9.17, 15) is 40.5 Å². The van der Waals surface area contributed by atoms with Gasteiger partial charge in [0.25, 0.3) is 0 Å². The van der Waals surface area contributed by atoms with Gasteiger partial charge in [-0.15, -0.1) is 0 Å². The predicted octanol–water partition coefficient (Wildman–Crippen LogP) is 9.58. The van der Waals surface area contributed by atoms with E-state index in [2.05, 4.69) is 38.2 Å². The van der Waals surface area contributed by atoms with Gasteiger partial charge in [0.1, 0.15) is 54.9 Å². The first kappa shape index (κ1) is 64.6. The third-order valence-corrected chi connectivity index (χ3v) is 13.7. The Balaban J connectivity index is 1.68. The van der Waals surface area contributed by atoms with Crippen molar-refractivity contribution in [2.45, 2.75) is 293 Å². The number of unbranched alkanes of at least 4 members (excludes halogenated alkanes) is 28. The Labute approximate surface area is 424 Å². The van der Waals surface area contributed by atoms with Crippen molar-refractivity contribution in [3.05, 3.63) is 24.3 Å². The van der Waals surface area contributed by atoms with Gasteiger partial charge in [0.15, 0.2) is 12.6 Å². The van der Waals surface area contributed by atoms with Crippen molar-refractivity contribution in [2.24, 2.45) is 0 Å². The summed E-state index contributed by atoms with van der Waals surface area (Å²) in [7, 11) is 0. The van der Waals surface area contributed by atoms with E-state index in [4.69, 9.17) is 28.4 Å². The summed E-state index contributed by atoms with van der Waals surface area (Å²) in [5, 5.41) is 72.2. The third kappa shape index (κ3) is 30.6. The van der Waals surface area contributed by atoms with Crippen LogP contribution in [0.1, 0.15) is 226 Å². The monoisotopic (exact) mass is 1000 g/mol. The number of carbonyl (C=O) groups is 1. The molecule has 11 unspecified atom stereocenters. The van der Waals surface area contributed by atoms with E-state index >= 15 is 0 Å². The molecule has 412 valence electrons. The van der Waals surface area contributed by atoms with E-state index in [1.54, 1.807) is 0 Å². The summed E-state index contributed by atoms with van der Waals surface area (Å²) in [6.07, 6.45) is 32.4. The fourth-order valence-electron chi connectivity index (χ4n) is 9.08. The van der Waals surface area contributed by atoms with Gasteiger partial charge in [-0.3, -0.25) is 4.79 Å². The first-order valence-corrected chi connectivity index (χ1v) is 28.4. The zero-order valence-corrected chi connectivity index (χ0v) is 44.0. The molecule has 2 rings (SSSR count). The number of carbonyl (C=O) groups excluding carboxylic acids is 1. The number of aliphatic hydroxyl groups excluding tert-OH is 7. The lowest BCUT2D eigenvalue weighted by molar-refractivity contribution is -0.332. The Bertz CT molecular complexity index is 1250. The first-order chi connectivity index (χ1) is 34.1. The van der Waals surface area contributed by atoms with Gasteiger partial charge in [0.05, 0.1) is 26.4 Å². The number of aliphatic hydroxyl groups is 7. The number of ether oxygens (including phenoxy) is 6. The Morgan fingerprint density at radius 2 is 0.886 bits per heavy atom. The highest BCUT2D eigenvalue weighted by Gasteiger charge is 2.47. The highest BCUT2D eigenvalue weighted by Crippen LogP contribution is 2.27. The van der Waals surface area contributed by atoms with E-state index in [0.717, 1.165) is 44.9 Å². The van der Waals surface area contributed by atoms with Gasteiger partial charge in [0.2, 0.25) is 0 Å². The van der Waals surface area contributed by atoms with Gasteiger partial charge in [-0.05, 0) is 44.9 Å². The standard InChI is InChI=1S/C56H104O14/c1-3-5-7-9-11-13-15-17-18-19-20-21-22-23-24-25-26-27-28-30-32-34-36-38-40-65-42-45(68-48(58)39-37-35-33-31-29-16-14-12-10-8-6-4-2)43-66-55-54(64)52(62)50(60)47(70-55)44-67-56-53(63)51(61)49(59)46(41-57)69-56/h15,17,19-20,45-47,49-57,59-64H,3-14,16,18,21-44H2,1-2H3/b17-15-,20-19-. The van der Waals surface area contributed by atoms with Crippen LogP contribution in [-0.2, 0) is 33.2 Å². The van der Waals surface area contributed by atoms with E-state index in [-0.39, 0.29) is 25.6 Å². The molecule has 11 atom stereocenters. The molecule has 2 aliphatic rings. The van der Waals surface area contributed by atoms with Crippen LogP contribution in [0.25, 0.3) is 0 Å². The Hall–Kier alpha value is -1.53. The number of esters is 1. The van der Waals surface area contributed by atoms with Crippen molar-refractivity contribution >= 4 is 5.97 Å². The molecule has 2 fully saturated rings. The second-order valence-electron chi connectivity index (χ2n) is 20.1. The molecule has 2 heterocycles. The van der Waals surface area contributed by atoms with Gasteiger partial charge >= 0.3 is 5.97 Å². The molecule has 70 heavy (non-hydrogen) atoms. The van der Waals surface area contributed by atoms with Gasteiger partial charge in [0, 0.05) is 13.0 Å². The van der Waals surface area contributed by atoms with Crippen molar-refractivity contribution in [1.29, 1.82) is 0 Å². The lowest BCUT2D eigenvalue weighted by Gasteiger charge is -2.42. The van der Waals surface area contributed by atoms with Crippen LogP contribution in [0, 0.1) is 0 Å². The van der Waals surface area contributed by atoms with Crippen molar-refractivity contribution in [3.63, 3.8) is 0 Å². The van der Waals surface area contributed by atoms with Crippen LogP contribution in [0.5, 0.6) is 0 Å². The van der Waals surface area contributed by atoms with Crippen LogP contribution < -0.4 is 0 Å². The maximum absolute atomic E-state index is 13.0. The summed E-state index contributed by atoms with van der Waals surface area (Å²) in [4.78, 5) is 13.0. The third-order valence-electron chi connectivity index (χ3n) is 13.7. The number of rotatable bonds is 46. The average molecular weight is 1000 g/mol. The summed E-state index contributed by atoms with van der Waals surface area (Å²) >= 11 is 0. The molecule has 0 spiro atoms. The molecule has 0 aromatic rings. The highest BCUT2D eigenvalue weighted by atomic mass is 16.7. The Morgan fingerprint density at radius 3 is 1.37 bits per heavy atom. The molecule has 14 heteroatoms. The predicted molar refractivity (Wildman–Crippen MR) is 275 cm³/mol. The number of hydrogen-bond acceptors (Lipinski definition) is 14. The fourth-order valence-corrected chi connectivity index (χ4v) is 9.08. The minimum Gasteiger partial charge on any atom is -0.457 e. The lowest BCUT2D eigenvalue weighted by Crippen LogP contribution is -2.61. The van der Waals surface area contributed by atoms with Crippen LogP contribution in [0.3, 0.4) is 0 Å². The first-order valence-electron chi connectivity index (χ1n) is 28.4. The van der Waals surface area contributed by atoms with E-state index in [0.29, 0.717) is 13.0 Å². The number of hydrogen-bond donors (Lipinski definition) is 7. The summed E-state index contributed by atoms with van der Waals surface area (Å²) in [6.45, 7) is 3.70. The summed E-state index contributed by atoms with van der Waals surface area (Å²) in [5.41, 5.74) is 0. The van der Waals surface area contributed by atoms with Crippen LogP contribution >= 0.6 is 0 Å². The Morgan fingerprint density at radius 1 is 0.471 bits per heavy atom. The molecule has 0 aliphatic carbocycles. The molecular formula is C56H104O14. The minimum absolute atomic E-state index is 0.0650. The molecule has 2 aliphatic heterocycles. The molecule has 0 amide bonds. The maximum Gasteiger partial charge on any atom is 0.306 e. The molecular weight excluding hydrogens is 897 g/mol. The van der Waals surface area contributed by atoms with Crippen molar-refractivity contribution in [2.75, 3.05) is 33.0 Å². The summed E-state index contributed by atoms with van der Waals surface area (Å²) in [5.74, 6) is -0.374. The summed E-state index contributed by atoms with van der Waals surface area (Å²) in [6, 6.07) is 0. The van der Waals surface area contributed by atoms with Gasteiger partial charge in [-0.2, -0.15) is 0 Å². The van der Waals surface area contributed by atoms with Crippen LogP contribution in [0.2, 0.25) is 0 Å². The molecule has 0 saturated carbocycles. The molecule has 0 bridgehead atoms. The molecule has 0 aromatic carbocycles. The van der Waals surface area contributed by atoms with E-state index < -0.39 is 80.7 Å². The maximum atomic E-state index is 13.0. The highest BCUT2D eigenvalue weighted by molar-refractivity contribution is 5.69. The largest absolute Gasteiger partial charge is 0.457 e. The van der Waals surface area contributed by atoms with Gasteiger partial charge < -0.3 is 64.2 Å². The zero-order chi connectivity index (χ0) is 50.9. The Kier molecular flexibility index (Phi) is 40.4. The van der Waals surface area contributed by atoms with Crippen molar-refractivity contribution in [3.8, 4) is 0 Å².